The van der Waals surface area contributed by atoms with Crippen molar-refractivity contribution < 1.29 is 23.9 Å². The van der Waals surface area contributed by atoms with E-state index in [1.54, 1.807) is 12.1 Å². The lowest BCUT2D eigenvalue weighted by atomic mass is 9.64. The zero-order chi connectivity index (χ0) is 33.9. The average molecular weight is 643 g/mol. The van der Waals surface area contributed by atoms with Crippen molar-refractivity contribution in [2.75, 3.05) is 20.6 Å². The molecule has 0 N–H and O–H groups in total. The molecule has 0 amide bonds. The van der Waals surface area contributed by atoms with Crippen LogP contribution in [0.15, 0.2) is 83.2 Å². The van der Waals surface area contributed by atoms with Crippen LogP contribution in [-0.4, -0.2) is 53.8 Å². The summed E-state index contributed by atoms with van der Waals surface area (Å²) in [6.07, 6.45) is 2.89. The maximum atomic E-state index is 14.2. The Kier molecular flexibility index (Phi) is 6.65. The molecule has 1 spiro atoms. The Hall–Kier alpha value is -4.36. The van der Waals surface area contributed by atoms with Crippen LogP contribution in [0.25, 0.3) is 10.8 Å². The first-order valence-electron chi connectivity index (χ1n) is 17.1. The molecule has 3 aromatic carbocycles. The van der Waals surface area contributed by atoms with Gasteiger partial charge in [0.15, 0.2) is 17.3 Å². The molecule has 0 bridgehead atoms. The summed E-state index contributed by atoms with van der Waals surface area (Å²) in [5.41, 5.74) is 4.38. The standard InChI is InChI=1S/C41H42N2O5/c1-39(2)19-29-35(31(44)21-39)34(36-30(43(29)6)20-40(3,4)22-32(36)45)24-13-15-25(16-14-24)48-38(47)28-17-18-42(5)41(28)27-12-8-10-23-9-7-11-26(33(23)27)37(41)46/h7-16,28,34H,17-22H2,1-6H3. The molecule has 246 valence electrons. The van der Waals surface area contributed by atoms with E-state index in [2.05, 4.69) is 32.6 Å². The second-order valence-corrected chi connectivity index (χ2v) is 16.2. The number of fused-ring (bicyclic) bond motifs is 1. The molecular formula is C41H42N2O5. The molecule has 5 aliphatic rings. The molecule has 3 aromatic rings. The third-order valence-corrected chi connectivity index (χ3v) is 11.7. The van der Waals surface area contributed by atoms with Crippen molar-refractivity contribution in [3.63, 3.8) is 0 Å². The van der Waals surface area contributed by atoms with E-state index in [0.29, 0.717) is 37.1 Å². The summed E-state index contributed by atoms with van der Waals surface area (Å²) in [6.45, 7) is 9.11. The topological polar surface area (TPSA) is 84.0 Å². The van der Waals surface area contributed by atoms with E-state index in [1.165, 1.54) is 0 Å². The van der Waals surface area contributed by atoms with Crippen molar-refractivity contribution in [1.29, 1.82) is 0 Å². The van der Waals surface area contributed by atoms with Crippen LogP contribution in [0.2, 0.25) is 0 Å². The quantitative estimate of drug-likeness (QED) is 0.223. The maximum Gasteiger partial charge on any atom is 0.317 e. The number of likely N-dealkylation sites (tertiary alicyclic amines) is 1. The SMILES string of the molecule is CN1C2=C(C(=O)CC(C)(C)C2)C(c2ccc(OC(=O)C3CCN(C)C34C(=O)c3cccc5cccc4c35)cc2)C2=C1CC(C)(C)CC2=O. The Balaban J connectivity index is 1.14. The number of esters is 1. The van der Waals surface area contributed by atoms with Crippen molar-refractivity contribution in [3.8, 4) is 5.75 Å². The number of carbonyl (C=O) groups excluding carboxylic acids is 4. The summed E-state index contributed by atoms with van der Waals surface area (Å²) >= 11 is 0. The Bertz CT molecular complexity index is 1970. The molecule has 7 nitrogen and oxygen atoms in total. The normalized spacial score (nSPS) is 26.5. The lowest BCUT2D eigenvalue weighted by Gasteiger charge is -2.47. The minimum Gasteiger partial charge on any atom is -0.426 e. The van der Waals surface area contributed by atoms with Gasteiger partial charge in [0.25, 0.3) is 0 Å². The van der Waals surface area contributed by atoms with Gasteiger partial charge in [-0.05, 0) is 71.2 Å². The predicted octanol–water partition coefficient (Wildman–Crippen LogP) is 7.10. The lowest BCUT2D eigenvalue weighted by molar-refractivity contribution is -0.141. The number of allylic oxidation sites excluding steroid dienone is 4. The van der Waals surface area contributed by atoms with E-state index in [9.17, 15) is 19.2 Å². The fraction of sp³-hybridized carbons (Fsp3) is 0.415. The van der Waals surface area contributed by atoms with Crippen LogP contribution in [0.3, 0.4) is 0 Å². The van der Waals surface area contributed by atoms with Crippen molar-refractivity contribution in [2.24, 2.45) is 16.7 Å². The summed E-state index contributed by atoms with van der Waals surface area (Å²) in [4.78, 5) is 60.0. The van der Waals surface area contributed by atoms with Gasteiger partial charge in [0.1, 0.15) is 11.3 Å². The summed E-state index contributed by atoms with van der Waals surface area (Å²) in [6, 6.07) is 19.0. The molecule has 7 heteroatoms. The van der Waals surface area contributed by atoms with E-state index in [4.69, 9.17) is 4.74 Å². The molecule has 2 aliphatic heterocycles. The molecule has 2 unspecified atom stereocenters. The van der Waals surface area contributed by atoms with Gasteiger partial charge in [-0.15, -0.1) is 0 Å². The first-order valence-corrected chi connectivity index (χ1v) is 17.1. The smallest absolute Gasteiger partial charge is 0.317 e. The first kappa shape index (κ1) is 30.9. The molecule has 8 rings (SSSR count). The highest BCUT2D eigenvalue weighted by atomic mass is 16.5. The first-order chi connectivity index (χ1) is 22.7. The largest absolute Gasteiger partial charge is 0.426 e. The summed E-state index contributed by atoms with van der Waals surface area (Å²) in [5.74, 6) is -1.07. The third kappa shape index (κ3) is 4.29. The average Bonchev–Trinajstić information content (AvgIpc) is 3.50. The van der Waals surface area contributed by atoms with Gasteiger partial charge in [0, 0.05) is 60.5 Å². The van der Waals surface area contributed by atoms with Crippen LogP contribution in [-0.2, 0) is 19.9 Å². The second kappa shape index (κ2) is 10.3. The Labute approximate surface area is 281 Å². The third-order valence-electron chi connectivity index (χ3n) is 11.7. The van der Waals surface area contributed by atoms with E-state index in [1.807, 2.05) is 67.5 Å². The number of Topliss-reactive ketones (excluding diaryl/α,β-unsaturated/α-hetero) is 3. The molecule has 2 atom stereocenters. The molecule has 3 aliphatic carbocycles. The Morgan fingerprint density at radius 2 is 1.35 bits per heavy atom. The van der Waals surface area contributed by atoms with Crippen LogP contribution in [0.4, 0.5) is 0 Å². The van der Waals surface area contributed by atoms with E-state index >= 15 is 0 Å². The fourth-order valence-corrected chi connectivity index (χ4v) is 9.58. The van der Waals surface area contributed by atoms with Crippen molar-refractivity contribution in [1.82, 2.24) is 9.80 Å². The highest BCUT2D eigenvalue weighted by Gasteiger charge is 2.61. The summed E-state index contributed by atoms with van der Waals surface area (Å²) < 4.78 is 6.06. The number of ketones is 3. The zero-order valence-electron chi connectivity index (χ0n) is 28.6. The number of carbonyl (C=O) groups is 4. The van der Waals surface area contributed by atoms with Crippen LogP contribution in [0, 0.1) is 16.7 Å². The number of hydrogen-bond donors (Lipinski definition) is 0. The van der Waals surface area contributed by atoms with E-state index in [-0.39, 0.29) is 28.2 Å². The number of nitrogens with zero attached hydrogens (tertiary/aromatic N) is 2. The molecule has 48 heavy (non-hydrogen) atoms. The predicted molar refractivity (Wildman–Crippen MR) is 183 cm³/mol. The summed E-state index contributed by atoms with van der Waals surface area (Å²) in [7, 11) is 3.92. The van der Waals surface area contributed by atoms with Gasteiger partial charge in [-0.1, -0.05) is 76.2 Å². The molecule has 0 aromatic heterocycles. The number of likely N-dealkylation sites (N-methyl/N-ethyl adjacent to an activating group) is 1. The lowest BCUT2D eigenvalue weighted by Crippen LogP contribution is -2.50. The minimum absolute atomic E-state index is 0.0531. The minimum atomic E-state index is -1.11. The second-order valence-electron chi connectivity index (χ2n) is 16.2. The molecule has 0 saturated carbocycles. The van der Waals surface area contributed by atoms with Crippen molar-refractivity contribution in [2.45, 2.75) is 71.3 Å². The van der Waals surface area contributed by atoms with Gasteiger partial charge >= 0.3 is 5.97 Å². The van der Waals surface area contributed by atoms with Gasteiger partial charge in [0.2, 0.25) is 0 Å². The van der Waals surface area contributed by atoms with Crippen molar-refractivity contribution in [3.05, 3.63) is 99.9 Å². The monoisotopic (exact) mass is 642 g/mol. The van der Waals surface area contributed by atoms with Gasteiger partial charge < -0.3 is 9.64 Å². The van der Waals surface area contributed by atoms with Crippen molar-refractivity contribution >= 4 is 34.1 Å². The number of ether oxygens (including phenoxy) is 1. The van der Waals surface area contributed by atoms with Crippen LogP contribution in [0.5, 0.6) is 5.75 Å². The highest BCUT2D eigenvalue weighted by molar-refractivity contribution is 6.21. The number of hydrogen-bond acceptors (Lipinski definition) is 7. The molecule has 1 fully saturated rings. The zero-order valence-corrected chi connectivity index (χ0v) is 28.6. The molecule has 2 heterocycles. The number of benzene rings is 3. The van der Waals surface area contributed by atoms with Crippen LogP contribution in [0.1, 0.15) is 87.2 Å². The molecular weight excluding hydrogens is 600 g/mol. The number of rotatable bonds is 3. The fourth-order valence-electron chi connectivity index (χ4n) is 9.58. The van der Waals surface area contributed by atoms with Crippen LogP contribution < -0.4 is 4.74 Å². The van der Waals surface area contributed by atoms with Gasteiger partial charge in [-0.2, -0.15) is 0 Å². The Morgan fingerprint density at radius 1 is 0.771 bits per heavy atom. The van der Waals surface area contributed by atoms with Crippen LogP contribution >= 0.6 is 0 Å². The molecule has 1 saturated heterocycles. The van der Waals surface area contributed by atoms with Gasteiger partial charge in [-0.25, -0.2) is 0 Å². The van der Waals surface area contributed by atoms with E-state index < -0.39 is 23.3 Å². The van der Waals surface area contributed by atoms with E-state index in [0.717, 1.165) is 57.3 Å². The summed E-state index contributed by atoms with van der Waals surface area (Å²) in [5, 5.41) is 1.91. The maximum absolute atomic E-state index is 14.2. The molecule has 0 radical (unpaired) electrons. The highest BCUT2D eigenvalue weighted by Crippen LogP contribution is 2.55. The van der Waals surface area contributed by atoms with Gasteiger partial charge in [-0.3, -0.25) is 24.1 Å². The Morgan fingerprint density at radius 3 is 1.96 bits per heavy atom. The van der Waals surface area contributed by atoms with Gasteiger partial charge in [0.05, 0.1) is 5.92 Å².